The largest absolute Gasteiger partial charge is 0.454 e. The summed E-state index contributed by atoms with van der Waals surface area (Å²) in [6.45, 7) is 9.89. The fourth-order valence-corrected chi connectivity index (χ4v) is 9.75. The van der Waals surface area contributed by atoms with E-state index in [1.807, 2.05) is 0 Å². The fraction of sp³-hybridized carbons (Fsp3) is 0.864. The van der Waals surface area contributed by atoms with Gasteiger partial charge < -0.3 is 4.74 Å². The van der Waals surface area contributed by atoms with Gasteiger partial charge in [0.05, 0.1) is 4.83 Å². The lowest BCUT2D eigenvalue weighted by atomic mass is 9.40. The highest BCUT2D eigenvalue weighted by molar-refractivity contribution is 9.10. The van der Waals surface area contributed by atoms with Gasteiger partial charge in [0, 0.05) is 24.2 Å². The lowest BCUT2D eigenvalue weighted by Crippen LogP contribution is -2.66. The summed E-state index contributed by atoms with van der Waals surface area (Å²) in [4.78, 5) is 37.8. The zero-order chi connectivity index (χ0) is 20.0. The van der Waals surface area contributed by atoms with Gasteiger partial charge in [0.25, 0.3) is 0 Å². The molecule has 0 amide bonds. The van der Waals surface area contributed by atoms with Crippen LogP contribution in [0.5, 0.6) is 0 Å². The van der Waals surface area contributed by atoms with E-state index in [1.165, 1.54) is 6.92 Å². The second-order valence-electron chi connectivity index (χ2n) is 10.9. The van der Waals surface area contributed by atoms with Crippen molar-refractivity contribution in [3.63, 3.8) is 0 Å². The molecule has 7 atom stereocenters. The fourth-order valence-electron chi connectivity index (χ4n) is 8.03. The van der Waals surface area contributed by atoms with Gasteiger partial charge in [0.1, 0.15) is 0 Å². The summed E-state index contributed by atoms with van der Waals surface area (Å²) in [6.07, 6.45) is 4.89. The molecule has 4 nitrogen and oxygen atoms in total. The number of hydrogen-bond acceptors (Lipinski definition) is 4. The number of halogens is 1. The Kier molecular flexibility index (Phi) is 4.12. The van der Waals surface area contributed by atoms with E-state index in [2.05, 4.69) is 43.6 Å². The molecule has 0 aliphatic heterocycles. The molecule has 4 fully saturated rings. The third-order valence-electron chi connectivity index (χ3n) is 8.86. The Bertz CT molecular complexity index is 730. The van der Waals surface area contributed by atoms with Crippen molar-refractivity contribution in [1.29, 1.82) is 0 Å². The molecule has 5 heteroatoms. The molecule has 0 saturated heterocycles. The second kappa shape index (κ2) is 5.67. The van der Waals surface area contributed by atoms with Gasteiger partial charge >= 0.3 is 5.97 Å². The van der Waals surface area contributed by atoms with Crippen LogP contribution in [-0.2, 0) is 19.1 Å². The minimum Gasteiger partial charge on any atom is -0.454 e. The molecule has 0 N–H and O–H groups in total. The topological polar surface area (TPSA) is 60.4 Å². The Hall–Kier alpha value is -0.710. The predicted molar refractivity (Wildman–Crippen MR) is 105 cm³/mol. The van der Waals surface area contributed by atoms with Crippen molar-refractivity contribution in [3.8, 4) is 0 Å². The van der Waals surface area contributed by atoms with Gasteiger partial charge in [-0.05, 0) is 54.8 Å². The number of Topliss-reactive ketones (excluding diaryl/α,β-unsaturated/α-hetero) is 2. The Morgan fingerprint density at radius 1 is 1.11 bits per heavy atom. The van der Waals surface area contributed by atoms with Crippen molar-refractivity contribution in [2.45, 2.75) is 84.1 Å². The molecule has 150 valence electrons. The van der Waals surface area contributed by atoms with E-state index in [9.17, 15) is 14.4 Å². The van der Waals surface area contributed by atoms with Gasteiger partial charge in [-0.2, -0.15) is 0 Å². The van der Waals surface area contributed by atoms with Crippen molar-refractivity contribution in [1.82, 2.24) is 0 Å². The van der Waals surface area contributed by atoms with Crippen LogP contribution in [0.25, 0.3) is 0 Å². The Morgan fingerprint density at radius 3 is 2.41 bits per heavy atom. The van der Waals surface area contributed by atoms with E-state index in [-0.39, 0.29) is 38.7 Å². The number of rotatable bonds is 1. The van der Waals surface area contributed by atoms with Crippen LogP contribution in [0, 0.1) is 33.5 Å². The van der Waals surface area contributed by atoms with Crippen molar-refractivity contribution >= 4 is 33.5 Å². The van der Waals surface area contributed by atoms with E-state index < -0.39 is 17.5 Å². The van der Waals surface area contributed by atoms with Gasteiger partial charge in [-0.3, -0.25) is 14.4 Å². The highest BCUT2D eigenvalue weighted by Gasteiger charge is 2.71. The summed E-state index contributed by atoms with van der Waals surface area (Å²) in [5, 5.41) is 0. The smallest absolute Gasteiger partial charge is 0.303 e. The number of fused-ring (bicyclic) bond motifs is 3. The minimum absolute atomic E-state index is 0.0180. The first-order valence-corrected chi connectivity index (χ1v) is 11.2. The van der Waals surface area contributed by atoms with Crippen LogP contribution in [0.2, 0.25) is 0 Å². The molecule has 1 spiro atoms. The summed E-state index contributed by atoms with van der Waals surface area (Å²) in [5.74, 6) is 0.378. The molecule has 27 heavy (non-hydrogen) atoms. The first-order valence-electron chi connectivity index (χ1n) is 10.3. The second-order valence-corrected chi connectivity index (χ2v) is 11.9. The SMILES string of the molecule is CC(=O)OC1C(=O)CC2(C)C3C(Br)C(=O)C4(C)CCC3(CCC2C1(C)C)C4. The molecule has 4 aliphatic rings. The van der Waals surface area contributed by atoms with Gasteiger partial charge in [-0.25, -0.2) is 0 Å². The average Bonchev–Trinajstić information content (AvgIpc) is 2.84. The van der Waals surface area contributed by atoms with Crippen molar-refractivity contribution in [3.05, 3.63) is 0 Å². The maximum Gasteiger partial charge on any atom is 0.303 e. The highest BCUT2D eigenvalue weighted by Crippen LogP contribution is 2.73. The van der Waals surface area contributed by atoms with Crippen LogP contribution >= 0.6 is 15.9 Å². The van der Waals surface area contributed by atoms with Crippen molar-refractivity contribution < 1.29 is 19.1 Å². The van der Waals surface area contributed by atoms with Gasteiger partial charge in [0.2, 0.25) is 0 Å². The Balaban J connectivity index is 1.78. The van der Waals surface area contributed by atoms with Crippen LogP contribution in [0.4, 0.5) is 0 Å². The molecule has 0 aromatic carbocycles. The molecule has 0 aromatic rings. The van der Waals surface area contributed by atoms with Crippen LogP contribution in [0.15, 0.2) is 0 Å². The number of esters is 1. The predicted octanol–water partition coefficient (Wildman–Crippen LogP) is 4.47. The maximum absolute atomic E-state index is 13.2. The molecular weight excluding hydrogens is 408 g/mol. The molecule has 0 heterocycles. The van der Waals surface area contributed by atoms with Crippen LogP contribution in [0.3, 0.4) is 0 Å². The average molecular weight is 439 g/mol. The highest BCUT2D eigenvalue weighted by atomic mass is 79.9. The van der Waals surface area contributed by atoms with Crippen LogP contribution in [0.1, 0.15) is 73.1 Å². The monoisotopic (exact) mass is 438 g/mol. The van der Waals surface area contributed by atoms with Crippen LogP contribution in [-0.4, -0.2) is 28.5 Å². The van der Waals surface area contributed by atoms with Crippen LogP contribution < -0.4 is 0 Å². The lowest BCUT2D eigenvalue weighted by Gasteiger charge is -2.65. The molecule has 4 saturated carbocycles. The lowest BCUT2D eigenvalue weighted by molar-refractivity contribution is -0.198. The molecule has 7 unspecified atom stereocenters. The Labute approximate surface area is 170 Å². The van der Waals surface area contributed by atoms with E-state index in [1.54, 1.807) is 0 Å². The molecular formula is C22H31BrO4. The maximum atomic E-state index is 13.2. The van der Waals surface area contributed by atoms with Gasteiger partial charge in [-0.15, -0.1) is 0 Å². The molecule has 0 aromatic heterocycles. The zero-order valence-corrected chi connectivity index (χ0v) is 18.6. The van der Waals surface area contributed by atoms with Gasteiger partial charge in [0.15, 0.2) is 17.7 Å². The van der Waals surface area contributed by atoms with E-state index in [4.69, 9.17) is 4.74 Å². The summed E-state index contributed by atoms with van der Waals surface area (Å²) < 4.78 is 5.51. The number of hydrogen-bond donors (Lipinski definition) is 0. The summed E-state index contributed by atoms with van der Waals surface area (Å²) in [7, 11) is 0. The molecule has 0 radical (unpaired) electrons. The number of ketones is 2. The van der Waals surface area contributed by atoms with Gasteiger partial charge in [-0.1, -0.05) is 43.6 Å². The first kappa shape index (κ1) is 19.6. The van der Waals surface area contributed by atoms with E-state index >= 15 is 0 Å². The first-order chi connectivity index (χ1) is 12.4. The standard InChI is InChI=1S/C22H31BrO4/c1-12(24)27-18-13(25)10-21(5)14(19(18,2)3)6-7-22-9-8-20(4,11-22)17(26)15(23)16(21)22/h14-16,18H,6-11H2,1-5H3. The minimum atomic E-state index is -0.677. The molecule has 2 bridgehead atoms. The summed E-state index contributed by atoms with van der Waals surface area (Å²) in [6, 6.07) is 0. The summed E-state index contributed by atoms with van der Waals surface area (Å²) in [5.41, 5.74) is -0.716. The Morgan fingerprint density at radius 2 is 1.78 bits per heavy atom. The number of carbonyl (C=O) groups is 3. The third kappa shape index (κ3) is 2.42. The molecule has 4 rings (SSSR count). The summed E-state index contributed by atoms with van der Waals surface area (Å²) >= 11 is 3.81. The van der Waals surface area contributed by atoms with E-state index in [0.717, 1.165) is 32.1 Å². The number of carbonyl (C=O) groups excluding carboxylic acids is 3. The molecule has 4 aliphatic carbocycles. The zero-order valence-electron chi connectivity index (χ0n) is 17.1. The number of alkyl halides is 1. The quantitative estimate of drug-likeness (QED) is 0.447. The normalized spacial score (nSPS) is 50.7. The third-order valence-corrected chi connectivity index (χ3v) is 9.80. The number of ether oxygens (including phenoxy) is 1. The van der Waals surface area contributed by atoms with E-state index in [0.29, 0.717) is 12.2 Å². The van der Waals surface area contributed by atoms with Crippen molar-refractivity contribution in [2.24, 2.45) is 33.5 Å². The van der Waals surface area contributed by atoms with Crippen molar-refractivity contribution in [2.75, 3.05) is 0 Å².